The minimum Gasteiger partial charge on any atom is -0.396 e. The monoisotopic (exact) mass is 256 g/mol. The maximum Gasteiger partial charge on any atom is 0.239 e. The number of nitrogens with zero attached hydrogens (tertiary/aromatic N) is 1. The first-order valence-corrected chi connectivity index (χ1v) is 6.00. The lowest BCUT2D eigenvalue weighted by atomic mass is 10.2. The Kier molecular flexibility index (Phi) is 4.34. The number of anilines is 2. The molecule has 4 N–H and O–H groups in total. The number of carbonyl (C=O) groups is 1. The van der Waals surface area contributed by atoms with Gasteiger partial charge in [0.1, 0.15) is 5.82 Å². The zero-order chi connectivity index (χ0) is 13.5. The lowest BCUT2D eigenvalue weighted by molar-refractivity contribution is -0.119. The highest BCUT2D eigenvalue weighted by Crippen LogP contribution is 2.11. The normalized spacial score (nSPS) is 9.89. The molecule has 2 rings (SSSR count). The number of benzene rings is 1. The molecule has 98 valence electrons. The molecule has 19 heavy (non-hydrogen) atoms. The van der Waals surface area contributed by atoms with Crippen molar-refractivity contribution in [3.63, 3.8) is 0 Å². The van der Waals surface area contributed by atoms with Crippen LogP contribution in [0.15, 0.2) is 48.7 Å². The number of rotatable bonds is 5. The van der Waals surface area contributed by atoms with Gasteiger partial charge in [0.25, 0.3) is 0 Å². The van der Waals surface area contributed by atoms with Gasteiger partial charge in [-0.2, -0.15) is 0 Å². The van der Waals surface area contributed by atoms with Crippen LogP contribution in [-0.4, -0.2) is 17.4 Å². The van der Waals surface area contributed by atoms with Gasteiger partial charge in [-0.05, 0) is 17.7 Å². The maximum atomic E-state index is 11.7. The van der Waals surface area contributed by atoms with Crippen LogP contribution >= 0.6 is 0 Å². The van der Waals surface area contributed by atoms with Crippen LogP contribution in [0.2, 0.25) is 0 Å². The van der Waals surface area contributed by atoms with Gasteiger partial charge in [-0.1, -0.05) is 30.3 Å². The smallest absolute Gasteiger partial charge is 0.239 e. The van der Waals surface area contributed by atoms with Gasteiger partial charge in [0, 0.05) is 12.7 Å². The predicted molar refractivity (Wildman–Crippen MR) is 75.4 cm³/mol. The minimum atomic E-state index is -0.103. The molecule has 5 nitrogen and oxygen atoms in total. The maximum absolute atomic E-state index is 11.7. The number of aromatic nitrogens is 1. The van der Waals surface area contributed by atoms with E-state index in [0.29, 0.717) is 18.1 Å². The molecule has 0 saturated carbocycles. The molecule has 1 aromatic carbocycles. The summed E-state index contributed by atoms with van der Waals surface area (Å²) in [6.07, 6.45) is 1.63. The van der Waals surface area contributed by atoms with Crippen molar-refractivity contribution in [1.29, 1.82) is 0 Å². The number of nitrogens with two attached hydrogens (primary N) is 1. The number of nitrogen functional groups attached to an aromatic ring is 1. The van der Waals surface area contributed by atoms with Crippen molar-refractivity contribution in [2.45, 2.75) is 6.54 Å². The Bertz CT molecular complexity index is 542. The molecular weight excluding hydrogens is 240 g/mol. The van der Waals surface area contributed by atoms with Crippen molar-refractivity contribution >= 4 is 17.4 Å². The quantitative estimate of drug-likeness (QED) is 0.755. The number of amides is 1. The van der Waals surface area contributed by atoms with Crippen LogP contribution in [0.25, 0.3) is 0 Å². The third-order valence-electron chi connectivity index (χ3n) is 2.59. The van der Waals surface area contributed by atoms with Crippen LogP contribution in [0, 0.1) is 0 Å². The van der Waals surface area contributed by atoms with Crippen LogP contribution in [-0.2, 0) is 11.3 Å². The summed E-state index contributed by atoms with van der Waals surface area (Å²) >= 11 is 0. The molecule has 0 radical (unpaired) electrons. The Morgan fingerprint density at radius 3 is 2.68 bits per heavy atom. The first kappa shape index (κ1) is 12.9. The Morgan fingerprint density at radius 1 is 1.16 bits per heavy atom. The van der Waals surface area contributed by atoms with Gasteiger partial charge in [0.2, 0.25) is 5.91 Å². The number of hydrogen-bond acceptors (Lipinski definition) is 4. The van der Waals surface area contributed by atoms with Crippen molar-refractivity contribution in [3.8, 4) is 0 Å². The van der Waals surface area contributed by atoms with Crippen LogP contribution < -0.4 is 16.4 Å². The molecule has 1 amide bonds. The molecule has 5 heteroatoms. The molecule has 0 saturated heterocycles. The van der Waals surface area contributed by atoms with E-state index in [2.05, 4.69) is 15.6 Å². The summed E-state index contributed by atoms with van der Waals surface area (Å²) in [5, 5.41) is 5.72. The zero-order valence-corrected chi connectivity index (χ0v) is 10.5. The third kappa shape index (κ3) is 3.99. The van der Waals surface area contributed by atoms with Gasteiger partial charge in [-0.15, -0.1) is 0 Å². The van der Waals surface area contributed by atoms with E-state index in [-0.39, 0.29) is 12.5 Å². The van der Waals surface area contributed by atoms with Gasteiger partial charge >= 0.3 is 0 Å². The molecule has 0 aliphatic rings. The summed E-state index contributed by atoms with van der Waals surface area (Å²) in [6, 6.07) is 13.2. The lowest BCUT2D eigenvalue weighted by Crippen LogP contribution is -2.29. The molecule has 1 heterocycles. The minimum absolute atomic E-state index is 0.103. The SMILES string of the molecule is Nc1cccnc1NCC(=O)NCc1ccccc1. The number of pyridine rings is 1. The molecule has 0 spiro atoms. The number of hydrogen-bond donors (Lipinski definition) is 3. The molecule has 0 atom stereocenters. The summed E-state index contributed by atoms with van der Waals surface area (Å²) < 4.78 is 0. The predicted octanol–water partition coefficient (Wildman–Crippen LogP) is 1.39. The molecule has 2 aromatic rings. The van der Waals surface area contributed by atoms with Crippen LogP contribution in [0.1, 0.15) is 5.56 Å². The van der Waals surface area contributed by atoms with Crippen molar-refractivity contribution in [2.75, 3.05) is 17.6 Å². The topological polar surface area (TPSA) is 80.0 Å². The van der Waals surface area contributed by atoms with E-state index in [1.165, 1.54) is 0 Å². The molecular formula is C14H16N4O. The van der Waals surface area contributed by atoms with Crippen LogP contribution in [0.5, 0.6) is 0 Å². The van der Waals surface area contributed by atoms with Crippen LogP contribution in [0.3, 0.4) is 0 Å². The summed E-state index contributed by atoms with van der Waals surface area (Å²) in [5.41, 5.74) is 7.30. The van der Waals surface area contributed by atoms with Gasteiger partial charge < -0.3 is 16.4 Å². The highest BCUT2D eigenvalue weighted by molar-refractivity contribution is 5.81. The second kappa shape index (κ2) is 6.39. The molecule has 0 aliphatic heterocycles. The lowest BCUT2D eigenvalue weighted by Gasteiger charge is -2.08. The number of nitrogens with one attached hydrogen (secondary N) is 2. The average molecular weight is 256 g/mol. The Hall–Kier alpha value is -2.56. The highest BCUT2D eigenvalue weighted by Gasteiger charge is 2.03. The Balaban J connectivity index is 1.78. The van der Waals surface area contributed by atoms with E-state index in [9.17, 15) is 4.79 Å². The van der Waals surface area contributed by atoms with E-state index >= 15 is 0 Å². The van der Waals surface area contributed by atoms with E-state index in [4.69, 9.17) is 5.73 Å². The largest absolute Gasteiger partial charge is 0.396 e. The van der Waals surface area contributed by atoms with Gasteiger partial charge in [0.05, 0.1) is 12.2 Å². The van der Waals surface area contributed by atoms with Crippen molar-refractivity contribution in [3.05, 3.63) is 54.2 Å². The van der Waals surface area contributed by atoms with Crippen molar-refractivity contribution in [2.24, 2.45) is 0 Å². The fourth-order valence-corrected chi connectivity index (χ4v) is 1.59. The molecule has 0 bridgehead atoms. The van der Waals surface area contributed by atoms with Gasteiger partial charge in [0.15, 0.2) is 0 Å². The molecule has 0 fully saturated rings. The summed E-state index contributed by atoms with van der Waals surface area (Å²) in [5.74, 6) is 0.422. The summed E-state index contributed by atoms with van der Waals surface area (Å²) in [4.78, 5) is 15.7. The standard InChI is InChI=1S/C14H16N4O/c15-12-7-4-8-16-14(12)18-10-13(19)17-9-11-5-2-1-3-6-11/h1-8H,9-10,15H2,(H,16,18)(H,17,19). The average Bonchev–Trinajstić information content (AvgIpc) is 2.45. The fourth-order valence-electron chi connectivity index (χ4n) is 1.59. The summed E-state index contributed by atoms with van der Waals surface area (Å²) in [6.45, 7) is 0.660. The first-order valence-electron chi connectivity index (χ1n) is 6.00. The van der Waals surface area contributed by atoms with Gasteiger partial charge in [-0.25, -0.2) is 4.98 Å². The van der Waals surface area contributed by atoms with Gasteiger partial charge in [-0.3, -0.25) is 4.79 Å². The highest BCUT2D eigenvalue weighted by atomic mass is 16.1. The number of carbonyl (C=O) groups excluding carboxylic acids is 1. The molecule has 0 aliphatic carbocycles. The third-order valence-corrected chi connectivity index (χ3v) is 2.59. The Morgan fingerprint density at radius 2 is 1.95 bits per heavy atom. The van der Waals surface area contributed by atoms with Crippen molar-refractivity contribution < 1.29 is 4.79 Å². The van der Waals surface area contributed by atoms with E-state index in [0.717, 1.165) is 5.56 Å². The zero-order valence-electron chi connectivity index (χ0n) is 10.5. The first-order chi connectivity index (χ1) is 9.25. The second-order valence-electron chi connectivity index (χ2n) is 4.06. The fraction of sp³-hybridized carbons (Fsp3) is 0.143. The van der Waals surface area contributed by atoms with Crippen molar-refractivity contribution in [1.82, 2.24) is 10.3 Å². The van der Waals surface area contributed by atoms with E-state index in [1.54, 1.807) is 18.3 Å². The molecule has 0 unspecified atom stereocenters. The second-order valence-corrected chi connectivity index (χ2v) is 4.06. The Labute approximate surface area is 111 Å². The van der Waals surface area contributed by atoms with Crippen LogP contribution in [0.4, 0.5) is 11.5 Å². The molecule has 1 aromatic heterocycles. The van der Waals surface area contributed by atoms with E-state index < -0.39 is 0 Å². The van der Waals surface area contributed by atoms with E-state index in [1.807, 2.05) is 30.3 Å². The summed E-state index contributed by atoms with van der Waals surface area (Å²) in [7, 11) is 0.